The molecule has 5 heteroatoms. The Hall–Kier alpha value is -0.770. The van der Waals surface area contributed by atoms with Crippen LogP contribution in [0, 0.1) is 0 Å². The molecule has 1 rings (SSSR count). The molecule has 1 saturated carbocycles. The van der Waals surface area contributed by atoms with Crippen LogP contribution >= 0.6 is 11.6 Å². The summed E-state index contributed by atoms with van der Waals surface area (Å²) in [4.78, 5) is 22.3. The van der Waals surface area contributed by atoms with Gasteiger partial charge in [-0.2, -0.15) is 0 Å². The third-order valence-corrected chi connectivity index (χ3v) is 3.28. The van der Waals surface area contributed by atoms with Gasteiger partial charge in [-0.25, -0.2) is 4.79 Å². The van der Waals surface area contributed by atoms with Crippen molar-refractivity contribution in [3.05, 3.63) is 0 Å². The van der Waals surface area contributed by atoms with Gasteiger partial charge in [-0.05, 0) is 25.7 Å². The largest absolute Gasteiger partial charge is 0.460 e. The van der Waals surface area contributed by atoms with E-state index in [0.29, 0.717) is 0 Å². The van der Waals surface area contributed by atoms with Crippen LogP contribution in [0.15, 0.2) is 0 Å². The highest BCUT2D eigenvalue weighted by molar-refractivity contribution is 6.26. The van der Waals surface area contributed by atoms with Crippen molar-refractivity contribution in [3.8, 4) is 0 Å². The number of carbonyl (C=O) groups excluding carboxylic acids is 2. The number of alkyl halides is 1. The molecular weight excluding hydrogens is 256 g/mol. The van der Waals surface area contributed by atoms with Crippen molar-refractivity contribution in [3.63, 3.8) is 0 Å². The Labute approximate surface area is 113 Å². The fourth-order valence-electron chi connectivity index (χ4n) is 2.11. The number of hydrogen-bond acceptors (Lipinski definition) is 4. The Bertz CT molecular complexity index is 258. The van der Waals surface area contributed by atoms with Gasteiger partial charge in [-0.15, -0.1) is 11.6 Å². The van der Waals surface area contributed by atoms with Gasteiger partial charge in [0, 0.05) is 0 Å². The fraction of sp³-hybridized carbons (Fsp3) is 0.846. The summed E-state index contributed by atoms with van der Waals surface area (Å²) in [5, 5.41) is 0. The summed E-state index contributed by atoms with van der Waals surface area (Å²) in [5.41, 5.74) is 0. The molecule has 0 aliphatic heterocycles. The lowest BCUT2D eigenvalue weighted by Gasteiger charge is -2.16. The van der Waals surface area contributed by atoms with Crippen LogP contribution in [0.1, 0.15) is 51.4 Å². The molecule has 0 aromatic heterocycles. The van der Waals surface area contributed by atoms with E-state index in [9.17, 15) is 9.59 Å². The van der Waals surface area contributed by atoms with E-state index in [1.165, 1.54) is 25.7 Å². The van der Waals surface area contributed by atoms with Crippen LogP contribution in [0.2, 0.25) is 0 Å². The molecule has 0 atom stereocenters. The maximum absolute atomic E-state index is 11.5. The van der Waals surface area contributed by atoms with Gasteiger partial charge in [0.2, 0.25) is 0 Å². The molecule has 104 valence electrons. The third kappa shape index (κ3) is 6.84. The van der Waals surface area contributed by atoms with E-state index in [1.54, 1.807) is 0 Å². The van der Waals surface area contributed by atoms with Gasteiger partial charge >= 0.3 is 11.9 Å². The average Bonchev–Trinajstić information content (AvgIpc) is 2.50. The number of rotatable bonds is 4. The minimum absolute atomic E-state index is 0.0229. The lowest BCUT2D eigenvalue weighted by Crippen LogP contribution is -2.23. The molecule has 0 bridgehead atoms. The fourth-order valence-corrected chi connectivity index (χ4v) is 2.19. The topological polar surface area (TPSA) is 52.6 Å². The van der Waals surface area contributed by atoms with E-state index in [-0.39, 0.29) is 18.6 Å². The predicted molar refractivity (Wildman–Crippen MR) is 68.5 cm³/mol. The summed E-state index contributed by atoms with van der Waals surface area (Å²) >= 11 is 5.26. The Balaban J connectivity index is 2.25. The Morgan fingerprint density at radius 1 is 0.944 bits per heavy atom. The minimum Gasteiger partial charge on any atom is -0.460 e. The maximum atomic E-state index is 11.5. The van der Waals surface area contributed by atoms with Crippen LogP contribution in [-0.2, 0) is 19.1 Å². The number of ether oxygens (including phenoxy) is 2. The summed E-state index contributed by atoms with van der Waals surface area (Å²) in [6.45, 7) is -0.331. The van der Waals surface area contributed by atoms with Crippen molar-refractivity contribution >= 4 is 23.5 Å². The molecule has 0 unspecified atom stereocenters. The number of carbonyl (C=O) groups is 2. The molecule has 0 aromatic carbocycles. The van der Waals surface area contributed by atoms with Gasteiger partial charge < -0.3 is 9.47 Å². The molecule has 0 saturated heterocycles. The molecule has 0 heterocycles. The quantitative estimate of drug-likeness (QED) is 0.585. The molecule has 0 spiro atoms. The second-order valence-electron chi connectivity index (χ2n) is 4.60. The molecule has 0 N–H and O–H groups in total. The van der Waals surface area contributed by atoms with Crippen LogP contribution in [0.5, 0.6) is 0 Å². The smallest absolute Gasteiger partial charge is 0.344 e. The van der Waals surface area contributed by atoms with E-state index >= 15 is 0 Å². The van der Waals surface area contributed by atoms with Crippen LogP contribution in [0.3, 0.4) is 0 Å². The van der Waals surface area contributed by atoms with Gasteiger partial charge in [-0.1, -0.05) is 25.7 Å². The van der Waals surface area contributed by atoms with Gasteiger partial charge in [0.1, 0.15) is 12.0 Å². The van der Waals surface area contributed by atoms with Crippen molar-refractivity contribution in [2.45, 2.75) is 57.5 Å². The number of halogens is 1. The van der Waals surface area contributed by atoms with Crippen molar-refractivity contribution in [1.29, 1.82) is 0 Å². The molecule has 0 aromatic rings. The molecule has 1 fully saturated rings. The second kappa shape index (κ2) is 9.20. The highest BCUT2D eigenvalue weighted by Crippen LogP contribution is 2.19. The molecule has 4 nitrogen and oxygen atoms in total. The van der Waals surface area contributed by atoms with Crippen LogP contribution < -0.4 is 0 Å². The summed E-state index contributed by atoms with van der Waals surface area (Å²) in [6.07, 6.45) is 8.95. The maximum Gasteiger partial charge on any atom is 0.344 e. The first-order chi connectivity index (χ1) is 8.72. The zero-order chi connectivity index (χ0) is 13.2. The van der Waals surface area contributed by atoms with Crippen molar-refractivity contribution in [2.24, 2.45) is 0 Å². The van der Waals surface area contributed by atoms with Crippen LogP contribution in [0.4, 0.5) is 0 Å². The van der Waals surface area contributed by atoms with E-state index in [2.05, 4.69) is 4.74 Å². The Morgan fingerprint density at radius 2 is 1.50 bits per heavy atom. The molecule has 18 heavy (non-hydrogen) atoms. The van der Waals surface area contributed by atoms with E-state index in [0.717, 1.165) is 25.7 Å². The van der Waals surface area contributed by atoms with Gasteiger partial charge in [0.15, 0.2) is 6.61 Å². The van der Waals surface area contributed by atoms with Crippen LogP contribution in [0.25, 0.3) is 0 Å². The van der Waals surface area contributed by atoms with Crippen LogP contribution in [-0.4, -0.2) is 30.5 Å². The zero-order valence-electron chi connectivity index (χ0n) is 10.7. The van der Waals surface area contributed by atoms with Gasteiger partial charge in [-0.3, -0.25) is 4.79 Å². The molecule has 1 aliphatic rings. The van der Waals surface area contributed by atoms with Crippen molar-refractivity contribution in [2.75, 3.05) is 12.5 Å². The Morgan fingerprint density at radius 3 is 2.06 bits per heavy atom. The lowest BCUT2D eigenvalue weighted by molar-refractivity contribution is -0.161. The average molecular weight is 277 g/mol. The standard InChI is InChI=1S/C13H21ClO4/c14-9-12(15)17-10-13(16)18-11-7-5-3-1-2-4-6-8-11/h11H,1-10H2. The van der Waals surface area contributed by atoms with E-state index in [1.807, 2.05) is 0 Å². The monoisotopic (exact) mass is 276 g/mol. The number of hydrogen-bond donors (Lipinski definition) is 0. The summed E-state index contributed by atoms with van der Waals surface area (Å²) in [7, 11) is 0. The third-order valence-electron chi connectivity index (χ3n) is 3.06. The minimum atomic E-state index is -0.594. The normalized spacial score (nSPS) is 18.3. The molecule has 1 aliphatic carbocycles. The number of esters is 2. The zero-order valence-corrected chi connectivity index (χ0v) is 11.4. The van der Waals surface area contributed by atoms with Crippen molar-refractivity contribution in [1.82, 2.24) is 0 Å². The second-order valence-corrected chi connectivity index (χ2v) is 4.87. The summed E-state index contributed by atoms with van der Waals surface area (Å²) < 4.78 is 9.95. The first-order valence-electron chi connectivity index (χ1n) is 6.63. The lowest BCUT2D eigenvalue weighted by atomic mass is 10.1. The Kier molecular flexibility index (Phi) is 7.81. The van der Waals surface area contributed by atoms with E-state index in [4.69, 9.17) is 16.3 Å². The summed E-state index contributed by atoms with van der Waals surface area (Å²) in [6, 6.07) is 0. The predicted octanol–water partition coefficient (Wildman–Crippen LogP) is 2.81. The van der Waals surface area contributed by atoms with E-state index < -0.39 is 11.9 Å². The van der Waals surface area contributed by atoms with Gasteiger partial charge in [0.25, 0.3) is 0 Å². The first-order valence-corrected chi connectivity index (χ1v) is 7.17. The highest BCUT2D eigenvalue weighted by atomic mass is 35.5. The molecular formula is C13H21ClO4. The van der Waals surface area contributed by atoms with Gasteiger partial charge in [0.05, 0.1) is 0 Å². The molecule has 0 radical (unpaired) electrons. The highest BCUT2D eigenvalue weighted by Gasteiger charge is 2.16. The van der Waals surface area contributed by atoms with Crippen molar-refractivity contribution < 1.29 is 19.1 Å². The summed E-state index contributed by atoms with van der Waals surface area (Å²) in [5.74, 6) is -1.31. The molecule has 0 amide bonds. The SMILES string of the molecule is O=C(CCl)OCC(=O)OC1CCCCCCCC1. The first kappa shape index (κ1) is 15.3.